The second-order valence-corrected chi connectivity index (χ2v) is 7.63. The number of hydrazine groups is 1. The van der Waals surface area contributed by atoms with Gasteiger partial charge in [-0.1, -0.05) is 24.3 Å². The maximum absolute atomic E-state index is 12.6. The third-order valence-electron chi connectivity index (χ3n) is 5.19. The van der Waals surface area contributed by atoms with E-state index in [9.17, 15) is 24.3 Å². The van der Waals surface area contributed by atoms with Crippen LogP contribution in [0.1, 0.15) is 26.4 Å². The SMILES string of the molecule is Cc1nc2ccccc2n(CC(=O)Nc2ccc(C(=O)NNC(=O)c3ccccc3O)cc2)c1=O. The maximum atomic E-state index is 12.6. The average molecular weight is 471 g/mol. The van der Waals surface area contributed by atoms with E-state index in [-0.39, 0.29) is 29.0 Å². The van der Waals surface area contributed by atoms with Crippen LogP contribution in [0.2, 0.25) is 0 Å². The molecule has 0 atom stereocenters. The third-order valence-corrected chi connectivity index (χ3v) is 5.19. The van der Waals surface area contributed by atoms with Crippen molar-refractivity contribution in [2.24, 2.45) is 0 Å². The number of hydrogen-bond acceptors (Lipinski definition) is 6. The van der Waals surface area contributed by atoms with Gasteiger partial charge in [0.25, 0.3) is 17.4 Å². The summed E-state index contributed by atoms with van der Waals surface area (Å²) < 4.78 is 1.36. The van der Waals surface area contributed by atoms with Gasteiger partial charge in [-0.2, -0.15) is 0 Å². The Hall–Kier alpha value is -4.99. The van der Waals surface area contributed by atoms with Crippen molar-refractivity contribution >= 4 is 34.4 Å². The molecule has 0 saturated carbocycles. The molecule has 1 heterocycles. The van der Waals surface area contributed by atoms with Gasteiger partial charge in [-0.3, -0.25) is 34.6 Å². The van der Waals surface area contributed by atoms with Gasteiger partial charge in [-0.25, -0.2) is 4.98 Å². The number of nitrogens with zero attached hydrogens (tertiary/aromatic N) is 2. The van der Waals surface area contributed by atoms with Gasteiger partial charge < -0.3 is 10.4 Å². The fourth-order valence-electron chi connectivity index (χ4n) is 3.44. The first-order valence-corrected chi connectivity index (χ1v) is 10.6. The normalized spacial score (nSPS) is 10.5. The monoisotopic (exact) mass is 471 g/mol. The summed E-state index contributed by atoms with van der Waals surface area (Å²) in [5, 5.41) is 12.4. The van der Waals surface area contributed by atoms with Crippen molar-refractivity contribution in [2.75, 3.05) is 5.32 Å². The Morgan fingerprint density at radius 2 is 1.54 bits per heavy atom. The highest BCUT2D eigenvalue weighted by Crippen LogP contribution is 2.15. The summed E-state index contributed by atoms with van der Waals surface area (Å²) in [5.41, 5.74) is 6.27. The van der Waals surface area contributed by atoms with Gasteiger partial charge in [0, 0.05) is 11.3 Å². The van der Waals surface area contributed by atoms with Crippen LogP contribution >= 0.6 is 0 Å². The molecule has 4 aromatic rings. The van der Waals surface area contributed by atoms with Crippen LogP contribution in [-0.2, 0) is 11.3 Å². The summed E-state index contributed by atoms with van der Waals surface area (Å²) in [7, 11) is 0. The molecule has 0 aliphatic rings. The van der Waals surface area contributed by atoms with Crippen molar-refractivity contribution in [3.05, 3.63) is 100.0 Å². The quantitative estimate of drug-likeness (QED) is 0.329. The van der Waals surface area contributed by atoms with E-state index in [0.29, 0.717) is 22.4 Å². The molecule has 0 unspecified atom stereocenters. The second-order valence-electron chi connectivity index (χ2n) is 7.63. The van der Waals surface area contributed by atoms with Crippen molar-refractivity contribution in [3.63, 3.8) is 0 Å². The largest absolute Gasteiger partial charge is 0.507 e. The zero-order valence-corrected chi connectivity index (χ0v) is 18.6. The molecular weight excluding hydrogens is 450 g/mol. The zero-order chi connectivity index (χ0) is 24.9. The molecule has 0 bridgehead atoms. The first kappa shape index (κ1) is 23.2. The molecule has 4 N–H and O–H groups in total. The van der Waals surface area contributed by atoms with E-state index in [1.165, 1.54) is 41.0 Å². The van der Waals surface area contributed by atoms with Crippen molar-refractivity contribution < 1.29 is 19.5 Å². The minimum Gasteiger partial charge on any atom is -0.507 e. The van der Waals surface area contributed by atoms with E-state index in [1.807, 2.05) is 0 Å². The Morgan fingerprint density at radius 3 is 2.29 bits per heavy atom. The standard InChI is InChI=1S/C25H21N5O5/c1-15-25(35)30(20-8-4-3-7-19(20)26-15)14-22(32)27-17-12-10-16(11-13-17)23(33)28-29-24(34)18-6-2-5-9-21(18)31/h2-13,31H,14H2,1H3,(H,27,32)(H,28,33)(H,29,34). The lowest BCUT2D eigenvalue weighted by molar-refractivity contribution is -0.116. The summed E-state index contributed by atoms with van der Waals surface area (Å²) in [6, 6.07) is 19.0. The Morgan fingerprint density at radius 1 is 0.886 bits per heavy atom. The predicted molar refractivity (Wildman–Crippen MR) is 129 cm³/mol. The molecule has 0 aliphatic carbocycles. The number of rotatable bonds is 5. The van der Waals surface area contributed by atoms with E-state index >= 15 is 0 Å². The van der Waals surface area contributed by atoms with Crippen LogP contribution in [0.3, 0.4) is 0 Å². The number of phenols is 1. The molecule has 10 nitrogen and oxygen atoms in total. The third kappa shape index (κ3) is 5.17. The van der Waals surface area contributed by atoms with Crippen LogP contribution < -0.4 is 21.7 Å². The summed E-state index contributed by atoms with van der Waals surface area (Å²) in [6.45, 7) is 1.39. The number of benzene rings is 3. The predicted octanol–water partition coefficient (Wildman–Crippen LogP) is 2.12. The average Bonchev–Trinajstić information content (AvgIpc) is 2.86. The Labute approximate surface area is 199 Å². The smallest absolute Gasteiger partial charge is 0.273 e. The number of phenolic OH excluding ortho intramolecular Hbond substituents is 1. The molecule has 1 aromatic heterocycles. The fourth-order valence-corrected chi connectivity index (χ4v) is 3.44. The van der Waals surface area contributed by atoms with Gasteiger partial charge in [0.2, 0.25) is 5.91 Å². The number of aromatic nitrogens is 2. The maximum Gasteiger partial charge on any atom is 0.273 e. The van der Waals surface area contributed by atoms with Gasteiger partial charge in [0.15, 0.2) is 0 Å². The molecule has 0 saturated heterocycles. The number of hydrogen-bond donors (Lipinski definition) is 4. The molecule has 10 heteroatoms. The molecule has 0 aliphatic heterocycles. The Kier molecular flexibility index (Phi) is 6.54. The fraction of sp³-hybridized carbons (Fsp3) is 0.0800. The molecule has 4 rings (SSSR count). The van der Waals surface area contributed by atoms with Crippen LogP contribution in [-0.4, -0.2) is 32.4 Å². The van der Waals surface area contributed by atoms with Gasteiger partial charge >= 0.3 is 0 Å². The first-order chi connectivity index (χ1) is 16.8. The van der Waals surface area contributed by atoms with Crippen LogP contribution in [0, 0.1) is 6.92 Å². The van der Waals surface area contributed by atoms with E-state index in [0.717, 1.165) is 0 Å². The molecule has 0 radical (unpaired) electrons. The Balaban J connectivity index is 1.38. The van der Waals surface area contributed by atoms with Crippen LogP contribution in [0.15, 0.2) is 77.6 Å². The van der Waals surface area contributed by atoms with Crippen LogP contribution in [0.25, 0.3) is 11.0 Å². The van der Waals surface area contributed by atoms with Crippen LogP contribution in [0.5, 0.6) is 5.75 Å². The number of anilines is 1. The summed E-state index contributed by atoms with van der Waals surface area (Å²) >= 11 is 0. The number of carbonyl (C=O) groups is 3. The topological polar surface area (TPSA) is 142 Å². The minimum absolute atomic E-state index is 0.0159. The van der Waals surface area contributed by atoms with E-state index in [2.05, 4.69) is 21.2 Å². The summed E-state index contributed by atoms with van der Waals surface area (Å²) in [6.07, 6.45) is 0. The van der Waals surface area contributed by atoms with Gasteiger partial charge in [0.05, 0.1) is 16.6 Å². The lowest BCUT2D eigenvalue weighted by Crippen LogP contribution is -2.41. The number of amides is 3. The van der Waals surface area contributed by atoms with E-state index in [1.54, 1.807) is 43.3 Å². The van der Waals surface area contributed by atoms with Crippen molar-refractivity contribution in [3.8, 4) is 5.75 Å². The summed E-state index contributed by atoms with van der Waals surface area (Å²) in [5.74, 6) is -1.89. The van der Waals surface area contributed by atoms with Crippen LogP contribution in [0.4, 0.5) is 5.69 Å². The highest BCUT2D eigenvalue weighted by atomic mass is 16.3. The van der Waals surface area contributed by atoms with Crippen molar-refractivity contribution in [1.29, 1.82) is 0 Å². The number of aryl methyl sites for hydroxylation is 1. The van der Waals surface area contributed by atoms with E-state index < -0.39 is 17.7 Å². The van der Waals surface area contributed by atoms with Gasteiger partial charge in [-0.05, 0) is 55.5 Å². The number of nitrogens with one attached hydrogen (secondary N) is 3. The number of carbonyl (C=O) groups excluding carboxylic acids is 3. The lowest BCUT2D eigenvalue weighted by Gasteiger charge is -2.12. The number of fused-ring (bicyclic) bond motifs is 1. The molecule has 176 valence electrons. The van der Waals surface area contributed by atoms with E-state index in [4.69, 9.17) is 0 Å². The molecule has 35 heavy (non-hydrogen) atoms. The molecule has 3 aromatic carbocycles. The molecule has 3 amide bonds. The second kappa shape index (κ2) is 9.87. The zero-order valence-electron chi connectivity index (χ0n) is 18.6. The molecule has 0 fully saturated rings. The van der Waals surface area contributed by atoms with Gasteiger partial charge in [-0.15, -0.1) is 0 Å². The van der Waals surface area contributed by atoms with Crippen molar-refractivity contribution in [2.45, 2.75) is 13.5 Å². The number of para-hydroxylation sites is 3. The lowest BCUT2D eigenvalue weighted by atomic mass is 10.2. The first-order valence-electron chi connectivity index (χ1n) is 10.6. The highest BCUT2D eigenvalue weighted by Gasteiger charge is 2.14. The Bertz CT molecular complexity index is 1490. The number of aromatic hydroxyl groups is 1. The highest BCUT2D eigenvalue weighted by molar-refractivity contribution is 6.00. The van der Waals surface area contributed by atoms with Crippen molar-refractivity contribution in [1.82, 2.24) is 20.4 Å². The summed E-state index contributed by atoms with van der Waals surface area (Å²) in [4.78, 5) is 53.8. The van der Waals surface area contributed by atoms with Gasteiger partial charge in [0.1, 0.15) is 18.0 Å². The molecule has 0 spiro atoms. The minimum atomic E-state index is -0.672. The molecular formula is C25H21N5O5.